The number of carbonyl (C=O) groups excluding carboxylic acids is 2. The number of halogens is 3. The van der Waals surface area contributed by atoms with E-state index in [0.717, 1.165) is 11.0 Å². The molecule has 0 spiro atoms. The molecule has 0 unspecified atom stereocenters. The molecule has 25 heavy (non-hydrogen) atoms. The molecule has 132 valence electrons. The summed E-state index contributed by atoms with van der Waals surface area (Å²) in [6.45, 7) is 1.62. The molecular weight excluding hydrogens is 339 g/mol. The van der Waals surface area contributed by atoms with Crippen molar-refractivity contribution < 1.29 is 27.9 Å². The van der Waals surface area contributed by atoms with Crippen molar-refractivity contribution in [3.63, 3.8) is 0 Å². The lowest BCUT2D eigenvalue weighted by Gasteiger charge is -2.22. The number of imide groups is 1. The van der Waals surface area contributed by atoms with Crippen LogP contribution in [0.5, 0.6) is 0 Å². The van der Waals surface area contributed by atoms with E-state index in [1.807, 2.05) is 0 Å². The smallest absolute Gasteiger partial charge is 0.390 e. The average Bonchev–Trinajstić information content (AvgIpc) is 3.05. The molecule has 2 aliphatic heterocycles. The van der Waals surface area contributed by atoms with Gasteiger partial charge < -0.3 is 10.0 Å². The number of aliphatic hydroxyl groups excluding tert-OH is 1. The zero-order chi connectivity index (χ0) is 18.5. The normalized spacial score (nSPS) is 23.2. The number of carbonyl (C=O) groups is 2. The van der Waals surface area contributed by atoms with Gasteiger partial charge in [-0.1, -0.05) is 6.92 Å². The highest BCUT2D eigenvalue weighted by Crippen LogP contribution is 2.41. The van der Waals surface area contributed by atoms with Crippen molar-refractivity contribution in [2.24, 2.45) is 0 Å². The minimum atomic E-state index is -4.80. The van der Waals surface area contributed by atoms with E-state index in [2.05, 4.69) is 0 Å². The topological polar surface area (TPSA) is 84.6 Å². The quantitative estimate of drug-likeness (QED) is 0.825. The van der Waals surface area contributed by atoms with Gasteiger partial charge in [-0.25, -0.2) is 9.69 Å². The Labute approximate surface area is 141 Å². The molecule has 2 aliphatic rings. The molecule has 3 rings (SSSR count). The van der Waals surface area contributed by atoms with Gasteiger partial charge in [0.25, 0.3) is 5.91 Å². The number of urea groups is 1. The highest BCUT2D eigenvalue weighted by Gasteiger charge is 2.53. The van der Waals surface area contributed by atoms with Crippen LogP contribution >= 0.6 is 0 Å². The van der Waals surface area contributed by atoms with Crippen molar-refractivity contribution in [1.29, 1.82) is 5.26 Å². The third-order valence-corrected chi connectivity index (χ3v) is 4.56. The van der Waals surface area contributed by atoms with Gasteiger partial charge in [0.15, 0.2) is 0 Å². The van der Waals surface area contributed by atoms with Gasteiger partial charge in [0, 0.05) is 6.54 Å². The van der Waals surface area contributed by atoms with Crippen molar-refractivity contribution in [3.8, 4) is 6.07 Å². The Hall–Kier alpha value is -2.60. The van der Waals surface area contributed by atoms with Gasteiger partial charge in [-0.15, -0.1) is 0 Å². The monoisotopic (exact) mass is 353 g/mol. The lowest BCUT2D eigenvalue weighted by atomic mass is 9.96. The predicted molar refractivity (Wildman–Crippen MR) is 79.5 cm³/mol. The fourth-order valence-electron chi connectivity index (χ4n) is 3.49. The molecule has 0 saturated carbocycles. The summed E-state index contributed by atoms with van der Waals surface area (Å²) in [5.74, 6) is -0.748. The largest absolute Gasteiger partial charge is 0.418 e. The summed E-state index contributed by atoms with van der Waals surface area (Å²) >= 11 is 0. The van der Waals surface area contributed by atoms with Crippen LogP contribution in [-0.2, 0) is 17.4 Å². The number of rotatable bonds is 2. The third-order valence-electron chi connectivity index (χ3n) is 4.56. The van der Waals surface area contributed by atoms with Gasteiger partial charge in [0.2, 0.25) is 0 Å². The van der Waals surface area contributed by atoms with E-state index in [9.17, 15) is 27.9 Å². The van der Waals surface area contributed by atoms with Crippen LogP contribution in [0.25, 0.3) is 0 Å². The number of fused-ring (bicyclic) bond motifs is 1. The van der Waals surface area contributed by atoms with Gasteiger partial charge >= 0.3 is 12.2 Å². The molecule has 3 amide bonds. The van der Waals surface area contributed by atoms with Crippen LogP contribution in [0.1, 0.15) is 30.0 Å². The van der Waals surface area contributed by atoms with Crippen LogP contribution in [0, 0.1) is 11.3 Å². The van der Waals surface area contributed by atoms with Crippen LogP contribution < -0.4 is 4.90 Å². The van der Waals surface area contributed by atoms with Gasteiger partial charge in [-0.2, -0.15) is 18.4 Å². The summed E-state index contributed by atoms with van der Waals surface area (Å²) in [7, 11) is 0. The third kappa shape index (κ3) is 2.44. The summed E-state index contributed by atoms with van der Waals surface area (Å²) in [5.41, 5.74) is -2.18. The zero-order valence-electron chi connectivity index (χ0n) is 13.2. The second-order valence-electron chi connectivity index (χ2n) is 5.90. The molecule has 2 heterocycles. The lowest BCUT2D eigenvalue weighted by Crippen LogP contribution is -2.37. The van der Waals surface area contributed by atoms with Crippen molar-refractivity contribution in [1.82, 2.24) is 4.90 Å². The van der Waals surface area contributed by atoms with Crippen molar-refractivity contribution >= 4 is 17.6 Å². The molecule has 0 aliphatic carbocycles. The number of benzene rings is 1. The van der Waals surface area contributed by atoms with Crippen LogP contribution in [0.3, 0.4) is 0 Å². The van der Waals surface area contributed by atoms with Crippen LogP contribution in [0.15, 0.2) is 12.1 Å². The van der Waals surface area contributed by atoms with Crippen LogP contribution in [-0.4, -0.2) is 40.6 Å². The molecule has 0 bridgehead atoms. The van der Waals surface area contributed by atoms with E-state index in [1.54, 1.807) is 0 Å². The minimum Gasteiger partial charge on any atom is -0.390 e. The summed E-state index contributed by atoms with van der Waals surface area (Å²) in [5, 5.41) is 18.9. The van der Waals surface area contributed by atoms with Gasteiger partial charge in [0.1, 0.15) is 6.04 Å². The fourth-order valence-corrected chi connectivity index (χ4v) is 3.49. The Kier molecular flexibility index (Phi) is 3.95. The molecular formula is C16H14F3N3O3. The molecule has 0 radical (unpaired) electrons. The molecule has 2 atom stereocenters. The van der Waals surface area contributed by atoms with Gasteiger partial charge in [-0.05, 0) is 30.5 Å². The second kappa shape index (κ2) is 5.74. The van der Waals surface area contributed by atoms with Crippen LogP contribution in [0.4, 0.5) is 23.7 Å². The van der Waals surface area contributed by atoms with Crippen molar-refractivity contribution in [3.05, 3.63) is 28.8 Å². The average molecular weight is 353 g/mol. The first kappa shape index (κ1) is 17.2. The number of alkyl halides is 3. The number of amides is 3. The maximum Gasteiger partial charge on any atom is 0.418 e. The molecule has 0 aromatic heterocycles. The molecule has 1 aromatic rings. The number of nitriles is 1. The van der Waals surface area contributed by atoms with E-state index >= 15 is 0 Å². The first-order valence-electron chi connectivity index (χ1n) is 7.68. The number of aliphatic hydroxyl groups is 1. The van der Waals surface area contributed by atoms with E-state index in [0.29, 0.717) is 4.90 Å². The van der Waals surface area contributed by atoms with E-state index < -0.39 is 41.4 Å². The summed E-state index contributed by atoms with van der Waals surface area (Å²) in [4.78, 5) is 26.9. The minimum absolute atomic E-state index is 0.121. The Bertz CT molecular complexity index is 800. The van der Waals surface area contributed by atoms with Crippen LogP contribution in [0.2, 0.25) is 0 Å². The number of nitrogens with zero attached hydrogens (tertiary/aromatic N) is 3. The Morgan fingerprint density at radius 1 is 1.36 bits per heavy atom. The van der Waals surface area contributed by atoms with E-state index in [1.165, 1.54) is 19.1 Å². The Morgan fingerprint density at radius 2 is 2.04 bits per heavy atom. The molecule has 2 fully saturated rings. The zero-order valence-corrected chi connectivity index (χ0v) is 13.2. The van der Waals surface area contributed by atoms with Gasteiger partial charge in [0.05, 0.1) is 29.0 Å². The molecule has 1 aromatic carbocycles. The Balaban J connectivity index is 2.17. The highest BCUT2D eigenvalue weighted by molar-refractivity contribution is 6.22. The first-order valence-corrected chi connectivity index (χ1v) is 7.68. The lowest BCUT2D eigenvalue weighted by molar-refractivity contribution is -0.138. The Morgan fingerprint density at radius 3 is 2.56 bits per heavy atom. The molecule has 1 N–H and O–H groups in total. The first-order chi connectivity index (χ1) is 11.7. The molecule has 9 heteroatoms. The highest BCUT2D eigenvalue weighted by atomic mass is 19.4. The summed E-state index contributed by atoms with van der Waals surface area (Å²) in [6.07, 6.45) is -5.71. The summed E-state index contributed by atoms with van der Waals surface area (Å²) < 4.78 is 40.3. The van der Waals surface area contributed by atoms with E-state index in [-0.39, 0.29) is 30.6 Å². The fraction of sp³-hybridized carbons (Fsp3) is 0.438. The standard InChI is InChI=1S/C16H14F3N3O3/c1-2-9-10(4-3-8(7-20)12(9)16(17,18)19)22-14(24)13-11(23)5-6-21(13)15(22)25/h3-4,11,13,23H,2,5-6H2,1H3/t11-,13+/m1/s1. The van der Waals surface area contributed by atoms with Crippen molar-refractivity contribution in [2.45, 2.75) is 38.1 Å². The predicted octanol–water partition coefficient (Wildman–Crippen LogP) is 2.04. The van der Waals surface area contributed by atoms with E-state index in [4.69, 9.17) is 5.26 Å². The van der Waals surface area contributed by atoms with Crippen molar-refractivity contribution in [2.75, 3.05) is 11.4 Å². The molecule has 2 saturated heterocycles. The number of hydrogen-bond acceptors (Lipinski definition) is 4. The SMILES string of the molecule is CCc1c(N2C(=O)[C@@H]3[C@H](O)CCN3C2=O)ccc(C#N)c1C(F)(F)F. The maximum atomic E-state index is 13.4. The second-order valence-corrected chi connectivity index (χ2v) is 5.90. The summed E-state index contributed by atoms with van der Waals surface area (Å²) in [6, 6.07) is 1.82. The number of anilines is 1. The maximum absolute atomic E-state index is 13.4. The van der Waals surface area contributed by atoms with Gasteiger partial charge in [-0.3, -0.25) is 4.79 Å². The number of hydrogen-bond donors (Lipinski definition) is 1. The molecule has 6 nitrogen and oxygen atoms in total.